The topological polar surface area (TPSA) is 121 Å². The zero-order chi connectivity index (χ0) is 21.0. The highest BCUT2D eigenvalue weighted by Gasteiger charge is 2.22. The van der Waals surface area contributed by atoms with Crippen molar-refractivity contribution in [2.24, 2.45) is 5.73 Å². The van der Waals surface area contributed by atoms with Crippen molar-refractivity contribution < 1.29 is 14.4 Å². The molecule has 0 saturated heterocycles. The average Bonchev–Trinajstić information content (AvgIpc) is 3.12. The number of carbonyl (C=O) groups is 3. The highest BCUT2D eigenvalue weighted by molar-refractivity contribution is 6.39. The summed E-state index contributed by atoms with van der Waals surface area (Å²) >= 11 is 0. The Hall–Kier alpha value is -4.12. The van der Waals surface area contributed by atoms with Crippen molar-refractivity contribution in [2.75, 3.05) is 11.9 Å². The fraction of sp³-hybridized carbons (Fsp3) is 0.143. The lowest BCUT2D eigenvalue weighted by Gasteiger charge is -2.20. The van der Waals surface area contributed by atoms with Crippen LogP contribution in [0.1, 0.15) is 21.6 Å². The molecule has 0 aliphatic rings. The van der Waals surface area contributed by atoms with Crippen LogP contribution in [0.3, 0.4) is 0 Å². The SMILES string of the molecule is C#CCN(Cc1ccc(C)cc1)C(=O)C(=O)Nc1ccc2[nH]nc(C(N)=O)c2c1. The van der Waals surface area contributed by atoms with Crippen LogP contribution in [0.4, 0.5) is 5.69 Å². The Morgan fingerprint density at radius 3 is 2.59 bits per heavy atom. The van der Waals surface area contributed by atoms with E-state index in [1.54, 1.807) is 12.1 Å². The normalized spacial score (nSPS) is 10.3. The number of nitrogens with two attached hydrogens (primary N) is 1. The number of nitrogens with zero attached hydrogens (tertiary/aromatic N) is 2. The van der Waals surface area contributed by atoms with E-state index in [0.29, 0.717) is 16.6 Å². The van der Waals surface area contributed by atoms with E-state index in [1.807, 2.05) is 31.2 Å². The molecule has 0 spiro atoms. The molecule has 3 rings (SSSR count). The van der Waals surface area contributed by atoms with Gasteiger partial charge in [0.05, 0.1) is 12.1 Å². The second-order valence-electron chi connectivity index (χ2n) is 6.50. The number of H-pyrrole nitrogens is 1. The number of terminal acetylenes is 1. The van der Waals surface area contributed by atoms with E-state index in [1.165, 1.54) is 11.0 Å². The van der Waals surface area contributed by atoms with E-state index >= 15 is 0 Å². The van der Waals surface area contributed by atoms with Crippen LogP contribution in [-0.4, -0.2) is 39.4 Å². The van der Waals surface area contributed by atoms with E-state index in [0.717, 1.165) is 11.1 Å². The molecule has 0 bridgehead atoms. The minimum atomic E-state index is -0.837. The number of nitrogens with one attached hydrogen (secondary N) is 2. The van der Waals surface area contributed by atoms with Crippen LogP contribution in [0.25, 0.3) is 10.9 Å². The van der Waals surface area contributed by atoms with Crippen molar-refractivity contribution in [1.29, 1.82) is 0 Å². The Kier molecular flexibility index (Phi) is 5.60. The molecule has 1 heterocycles. The maximum absolute atomic E-state index is 12.6. The third-order valence-electron chi connectivity index (χ3n) is 4.31. The molecular formula is C21H19N5O3. The van der Waals surface area contributed by atoms with Crippen molar-refractivity contribution in [3.05, 3.63) is 59.3 Å². The van der Waals surface area contributed by atoms with Crippen LogP contribution in [0.5, 0.6) is 0 Å². The maximum Gasteiger partial charge on any atom is 0.313 e. The summed E-state index contributed by atoms with van der Waals surface area (Å²) in [6, 6.07) is 12.3. The number of anilines is 1. The van der Waals surface area contributed by atoms with Gasteiger partial charge < -0.3 is 16.0 Å². The van der Waals surface area contributed by atoms with Crippen LogP contribution in [0, 0.1) is 19.3 Å². The van der Waals surface area contributed by atoms with E-state index in [-0.39, 0.29) is 18.8 Å². The van der Waals surface area contributed by atoms with Crippen LogP contribution in [-0.2, 0) is 16.1 Å². The van der Waals surface area contributed by atoms with E-state index in [9.17, 15) is 14.4 Å². The maximum atomic E-state index is 12.6. The molecule has 8 nitrogen and oxygen atoms in total. The van der Waals surface area contributed by atoms with Gasteiger partial charge in [-0.25, -0.2) is 0 Å². The Morgan fingerprint density at radius 1 is 1.21 bits per heavy atom. The second kappa shape index (κ2) is 8.27. The third-order valence-corrected chi connectivity index (χ3v) is 4.31. The highest BCUT2D eigenvalue weighted by Crippen LogP contribution is 2.20. The predicted molar refractivity (Wildman–Crippen MR) is 109 cm³/mol. The Balaban J connectivity index is 1.77. The van der Waals surface area contributed by atoms with Crippen molar-refractivity contribution in [3.63, 3.8) is 0 Å². The van der Waals surface area contributed by atoms with E-state index in [4.69, 9.17) is 12.2 Å². The Morgan fingerprint density at radius 2 is 1.93 bits per heavy atom. The van der Waals surface area contributed by atoms with E-state index in [2.05, 4.69) is 21.4 Å². The van der Waals surface area contributed by atoms with Gasteiger partial charge in [-0.2, -0.15) is 5.10 Å². The molecule has 0 unspecified atom stereocenters. The largest absolute Gasteiger partial charge is 0.364 e. The smallest absolute Gasteiger partial charge is 0.313 e. The molecule has 146 valence electrons. The molecule has 0 aliphatic heterocycles. The van der Waals surface area contributed by atoms with Gasteiger partial charge in [0, 0.05) is 17.6 Å². The van der Waals surface area contributed by atoms with Crippen LogP contribution >= 0.6 is 0 Å². The molecule has 0 saturated carbocycles. The zero-order valence-electron chi connectivity index (χ0n) is 15.7. The van der Waals surface area contributed by atoms with Gasteiger partial charge in [0.25, 0.3) is 5.91 Å². The van der Waals surface area contributed by atoms with Gasteiger partial charge in [-0.1, -0.05) is 35.7 Å². The van der Waals surface area contributed by atoms with Gasteiger partial charge in [0.15, 0.2) is 5.69 Å². The second-order valence-corrected chi connectivity index (χ2v) is 6.50. The minimum Gasteiger partial charge on any atom is -0.364 e. The van der Waals surface area contributed by atoms with Crippen molar-refractivity contribution >= 4 is 34.3 Å². The number of fused-ring (bicyclic) bond motifs is 1. The molecule has 3 amide bonds. The summed E-state index contributed by atoms with van der Waals surface area (Å²) in [4.78, 5) is 37.8. The van der Waals surface area contributed by atoms with Crippen LogP contribution in [0.15, 0.2) is 42.5 Å². The van der Waals surface area contributed by atoms with Crippen LogP contribution in [0.2, 0.25) is 0 Å². The number of hydrogen-bond donors (Lipinski definition) is 3. The summed E-state index contributed by atoms with van der Waals surface area (Å²) in [6.45, 7) is 2.16. The van der Waals surface area contributed by atoms with E-state index < -0.39 is 17.7 Å². The average molecular weight is 389 g/mol. The van der Waals surface area contributed by atoms with Gasteiger partial charge in [-0.05, 0) is 30.7 Å². The lowest BCUT2D eigenvalue weighted by Crippen LogP contribution is -2.39. The number of hydrogen-bond acceptors (Lipinski definition) is 4. The van der Waals surface area contributed by atoms with Gasteiger partial charge >= 0.3 is 11.8 Å². The minimum absolute atomic E-state index is 0.00722. The molecule has 2 aromatic carbocycles. The molecular weight excluding hydrogens is 370 g/mol. The number of aryl methyl sites for hydroxylation is 1. The number of aromatic nitrogens is 2. The van der Waals surface area contributed by atoms with Crippen LogP contribution < -0.4 is 11.1 Å². The van der Waals surface area contributed by atoms with Gasteiger partial charge in [0.2, 0.25) is 0 Å². The number of benzene rings is 2. The number of amides is 3. The number of aromatic amines is 1. The molecule has 0 atom stereocenters. The molecule has 3 aromatic rings. The first-order chi connectivity index (χ1) is 13.9. The fourth-order valence-electron chi connectivity index (χ4n) is 2.83. The Bertz CT molecular complexity index is 1130. The van der Waals surface area contributed by atoms with Gasteiger partial charge in [-0.15, -0.1) is 6.42 Å². The number of rotatable bonds is 5. The Labute approximate surface area is 167 Å². The summed E-state index contributed by atoms with van der Waals surface area (Å²) in [6.07, 6.45) is 5.36. The predicted octanol–water partition coefficient (Wildman–Crippen LogP) is 1.57. The third kappa shape index (κ3) is 4.42. The first-order valence-electron chi connectivity index (χ1n) is 8.76. The quantitative estimate of drug-likeness (QED) is 0.453. The first-order valence-corrected chi connectivity index (χ1v) is 8.76. The lowest BCUT2D eigenvalue weighted by molar-refractivity contribution is -0.143. The number of carbonyl (C=O) groups excluding carboxylic acids is 3. The van der Waals surface area contributed by atoms with Crippen molar-refractivity contribution in [2.45, 2.75) is 13.5 Å². The first kappa shape index (κ1) is 19.6. The summed E-state index contributed by atoms with van der Waals surface area (Å²) in [5.74, 6) is 0.106. The summed E-state index contributed by atoms with van der Waals surface area (Å²) in [7, 11) is 0. The summed E-state index contributed by atoms with van der Waals surface area (Å²) in [5, 5.41) is 9.50. The summed E-state index contributed by atoms with van der Waals surface area (Å²) in [5.41, 5.74) is 8.20. The monoisotopic (exact) mass is 389 g/mol. The lowest BCUT2D eigenvalue weighted by atomic mass is 10.1. The molecule has 0 aliphatic carbocycles. The standard InChI is InChI=1S/C21H19N5O3/c1-3-10-26(12-14-6-4-13(2)5-7-14)21(29)20(28)23-15-8-9-17-16(11-15)18(19(22)27)25-24-17/h1,4-9,11H,10,12H2,2H3,(H2,22,27)(H,23,28)(H,24,25). The molecule has 8 heteroatoms. The highest BCUT2D eigenvalue weighted by atomic mass is 16.2. The zero-order valence-corrected chi connectivity index (χ0v) is 15.7. The molecule has 0 fully saturated rings. The van der Waals surface area contributed by atoms with Crippen molar-refractivity contribution in [3.8, 4) is 12.3 Å². The van der Waals surface area contributed by atoms with Crippen molar-refractivity contribution in [1.82, 2.24) is 15.1 Å². The number of primary amides is 1. The summed E-state index contributed by atoms with van der Waals surface area (Å²) < 4.78 is 0. The molecule has 1 aromatic heterocycles. The molecule has 29 heavy (non-hydrogen) atoms. The van der Waals surface area contributed by atoms with Gasteiger partial charge in [-0.3, -0.25) is 19.5 Å². The molecule has 0 radical (unpaired) electrons. The van der Waals surface area contributed by atoms with Gasteiger partial charge in [0.1, 0.15) is 0 Å². The molecule has 4 N–H and O–H groups in total. The fourth-order valence-corrected chi connectivity index (χ4v) is 2.83.